The number of amides is 3. The lowest BCUT2D eigenvalue weighted by molar-refractivity contribution is -0.154. The Labute approximate surface area is 179 Å². The maximum atomic E-state index is 12.5. The fraction of sp³-hybridized carbons (Fsp3) is 0.474. The highest BCUT2D eigenvalue weighted by Crippen LogP contribution is 2.43. The van der Waals surface area contributed by atoms with Gasteiger partial charge in [-0.2, -0.15) is 0 Å². The van der Waals surface area contributed by atoms with Gasteiger partial charge in [0.15, 0.2) is 6.61 Å². The lowest BCUT2D eigenvalue weighted by Gasteiger charge is -2.29. The van der Waals surface area contributed by atoms with E-state index in [1.807, 2.05) is 19.1 Å². The van der Waals surface area contributed by atoms with E-state index in [4.69, 9.17) is 4.74 Å². The third-order valence-electron chi connectivity index (χ3n) is 4.99. The van der Waals surface area contributed by atoms with Crippen molar-refractivity contribution in [2.45, 2.75) is 29.4 Å². The quantitative estimate of drug-likeness (QED) is 0.369. The zero-order valence-corrected chi connectivity index (χ0v) is 18.4. The molecule has 7 nitrogen and oxygen atoms in total. The minimum atomic E-state index is -0.787. The standard InChI is InChI=1S/C19H20Br2N2O5/c1-10-2-4-11(5-3-10)22-16(24)9-28-17(25)8-23-18(26)12-6-14(20)15(21)7-13(12)19(23)27/h2-5,12-15H,6-9H2,1H3,(H,22,24)/t12-,13-,14-,15+/m1/s1. The van der Waals surface area contributed by atoms with Crippen LogP contribution in [-0.2, 0) is 23.9 Å². The molecular weight excluding hydrogens is 496 g/mol. The predicted octanol–water partition coefficient (Wildman–Crippen LogP) is 2.40. The van der Waals surface area contributed by atoms with E-state index in [-0.39, 0.29) is 21.5 Å². The normalized spacial score (nSPS) is 26.8. The van der Waals surface area contributed by atoms with Gasteiger partial charge >= 0.3 is 5.97 Å². The molecule has 1 aliphatic heterocycles. The number of fused-ring (bicyclic) bond motifs is 1. The first kappa shape index (κ1) is 21.0. The second-order valence-electron chi connectivity index (χ2n) is 7.05. The number of hydrogen-bond donors (Lipinski definition) is 1. The molecule has 1 N–H and O–H groups in total. The summed E-state index contributed by atoms with van der Waals surface area (Å²) in [5.41, 5.74) is 1.65. The van der Waals surface area contributed by atoms with Crippen LogP contribution in [0.2, 0.25) is 0 Å². The molecule has 3 rings (SSSR count). The highest BCUT2D eigenvalue weighted by atomic mass is 79.9. The minimum absolute atomic E-state index is 0.0999. The molecule has 1 saturated carbocycles. The number of halogens is 2. The third kappa shape index (κ3) is 4.63. The number of aryl methyl sites for hydroxylation is 1. The lowest BCUT2D eigenvalue weighted by atomic mass is 9.81. The Hall–Kier alpha value is -1.74. The fourth-order valence-electron chi connectivity index (χ4n) is 3.47. The van der Waals surface area contributed by atoms with Gasteiger partial charge in [0.2, 0.25) is 11.8 Å². The summed E-state index contributed by atoms with van der Waals surface area (Å²) in [5.74, 6) is -2.80. The van der Waals surface area contributed by atoms with E-state index in [2.05, 4.69) is 37.2 Å². The van der Waals surface area contributed by atoms with Gasteiger partial charge in [0, 0.05) is 15.3 Å². The molecular formula is C19H20Br2N2O5. The molecule has 28 heavy (non-hydrogen) atoms. The molecule has 3 amide bonds. The number of esters is 1. The molecule has 0 aromatic heterocycles. The number of anilines is 1. The van der Waals surface area contributed by atoms with Crippen LogP contribution in [0, 0.1) is 18.8 Å². The van der Waals surface area contributed by atoms with Crippen LogP contribution in [0.15, 0.2) is 24.3 Å². The van der Waals surface area contributed by atoms with Crippen molar-refractivity contribution < 1.29 is 23.9 Å². The number of ether oxygens (including phenoxy) is 1. The van der Waals surface area contributed by atoms with Crippen molar-refractivity contribution in [2.24, 2.45) is 11.8 Å². The molecule has 1 aromatic rings. The van der Waals surface area contributed by atoms with Crippen molar-refractivity contribution in [3.05, 3.63) is 29.8 Å². The second-order valence-corrected chi connectivity index (χ2v) is 9.41. The van der Waals surface area contributed by atoms with Crippen molar-refractivity contribution in [3.63, 3.8) is 0 Å². The minimum Gasteiger partial charge on any atom is -0.454 e. The Bertz CT molecular complexity index is 770. The Morgan fingerprint density at radius 1 is 1.07 bits per heavy atom. The van der Waals surface area contributed by atoms with E-state index < -0.39 is 36.9 Å². The molecule has 4 atom stereocenters. The Balaban J connectivity index is 1.50. The van der Waals surface area contributed by atoms with Crippen molar-refractivity contribution in [1.29, 1.82) is 0 Å². The van der Waals surface area contributed by atoms with Crippen LogP contribution in [0.3, 0.4) is 0 Å². The number of imide groups is 1. The molecule has 0 spiro atoms. The van der Waals surface area contributed by atoms with Gasteiger partial charge in [-0.15, -0.1) is 0 Å². The van der Waals surface area contributed by atoms with Crippen LogP contribution in [0.5, 0.6) is 0 Å². The molecule has 2 fully saturated rings. The van der Waals surface area contributed by atoms with Gasteiger partial charge in [0.25, 0.3) is 5.91 Å². The fourth-order valence-corrected chi connectivity index (χ4v) is 4.71. The van der Waals surface area contributed by atoms with Crippen LogP contribution >= 0.6 is 31.9 Å². The molecule has 1 saturated heterocycles. The topological polar surface area (TPSA) is 92.8 Å². The Kier molecular flexibility index (Phi) is 6.54. The van der Waals surface area contributed by atoms with Gasteiger partial charge in [-0.25, -0.2) is 0 Å². The molecule has 1 aliphatic carbocycles. The zero-order chi connectivity index (χ0) is 20.4. The van der Waals surface area contributed by atoms with E-state index in [0.717, 1.165) is 10.5 Å². The van der Waals surface area contributed by atoms with E-state index in [0.29, 0.717) is 18.5 Å². The second kappa shape index (κ2) is 8.73. The number of alkyl halides is 2. The number of likely N-dealkylation sites (tertiary alicyclic amines) is 1. The van der Waals surface area contributed by atoms with Crippen LogP contribution in [-0.4, -0.2) is 51.4 Å². The molecule has 0 radical (unpaired) electrons. The van der Waals surface area contributed by atoms with Crippen molar-refractivity contribution in [2.75, 3.05) is 18.5 Å². The smallest absolute Gasteiger partial charge is 0.326 e. The molecule has 2 aliphatic rings. The van der Waals surface area contributed by atoms with Crippen LogP contribution in [0.4, 0.5) is 5.69 Å². The van der Waals surface area contributed by atoms with E-state index in [1.165, 1.54) is 0 Å². The number of carbonyl (C=O) groups excluding carboxylic acids is 4. The van der Waals surface area contributed by atoms with Crippen LogP contribution in [0.1, 0.15) is 18.4 Å². The molecule has 9 heteroatoms. The van der Waals surface area contributed by atoms with E-state index in [9.17, 15) is 19.2 Å². The summed E-state index contributed by atoms with van der Waals surface area (Å²) in [6.45, 7) is 0.978. The first-order valence-electron chi connectivity index (χ1n) is 8.91. The van der Waals surface area contributed by atoms with Gasteiger partial charge in [-0.3, -0.25) is 24.1 Å². The lowest BCUT2D eigenvalue weighted by Crippen LogP contribution is -2.37. The summed E-state index contributed by atoms with van der Waals surface area (Å²) in [5, 5.41) is 2.61. The average Bonchev–Trinajstić information content (AvgIpc) is 2.87. The van der Waals surface area contributed by atoms with Crippen molar-refractivity contribution in [1.82, 2.24) is 4.90 Å². The average molecular weight is 516 g/mol. The van der Waals surface area contributed by atoms with Crippen molar-refractivity contribution in [3.8, 4) is 0 Å². The summed E-state index contributed by atoms with van der Waals surface area (Å²) in [7, 11) is 0. The number of carbonyl (C=O) groups is 4. The summed E-state index contributed by atoms with van der Waals surface area (Å²) < 4.78 is 4.94. The highest BCUT2D eigenvalue weighted by Gasteiger charge is 2.52. The monoisotopic (exact) mass is 514 g/mol. The molecule has 0 bridgehead atoms. The summed E-state index contributed by atoms with van der Waals surface area (Å²) in [6.07, 6.45) is 1.07. The highest BCUT2D eigenvalue weighted by molar-refractivity contribution is 9.12. The van der Waals surface area contributed by atoms with Gasteiger partial charge in [0.1, 0.15) is 6.54 Å². The number of benzene rings is 1. The zero-order valence-electron chi connectivity index (χ0n) is 15.2. The summed E-state index contributed by atoms with van der Waals surface area (Å²) in [4.78, 5) is 50.2. The molecule has 1 heterocycles. The third-order valence-corrected chi connectivity index (χ3v) is 7.72. The van der Waals surface area contributed by atoms with Gasteiger partial charge < -0.3 is 10.1 Å². The van der Waals surface area contributed by atoms with E-state index in [1.54, 1.807) is 12.1 Å². The number of nitrogens with one attached hydrogen (secondary N) is 1. The Morgan fingerprint density at radius 2 is 1.61 bits per heavy atom. The number of nitrogens with zero attached hydrogens (tertiary/aromatic N) is 1. The molecule has 1 aromatic carbocycles. The first-order chi connectivity index (χ1) is 13.3. The molecule has 0 unspecified atom stereocenters. The van der Waals surface area contributed by atoms with Gasteiger partial charge in [-0.05, 0) is 31.9 Å². The first-order valence-corrected chi connectivity index (χ1v) is 10.7. The van der Waals surface area contributed by atoms with Crippen LogP contribution in [0.25, 0.3) is 0 Å². The van der Waals surface area contributed by atoms with Crippen LogP contribution < -0.4 is 5.32 Å². The predicted molar refractivity (Wildman–Crippen MR) is 109 cm³/mol. The largest absolute Gasteiger partial charge is 0.454 e. The summed E-state index contributed by atoms with van der Waals surface area (Å²) in [6, 6.07) is 7.18. The maximum Gasteiger partial charge on any atom is 0.326 e. The van der Waals surface area contributed by atoms with Gasteiger partial charge in [0.05, 0.1) is 11.8 Å². The van der Waals surface area contributed by atoms with Gasteiger partial charge in [-0.1, -0.05) is 49.6 Å². The number of hydrogen-bond acceptors (Lipinski definition) is 5. The molecule has 150 valence electrons. The van der Waals surface area contributed by atoms with Crippen molar-refractivity contribution >= 4 is 61.2 Å². The van der Waals surface area contributed by atoms with E-state index >= 15 is 0 Å². The SMILES string of the molecule is Cc1ccc(NC(=O)COC(=O)CN2C(=O)[C@@H]3C[C@@H](Br)[C@@H](Br)C[C@H]3C2=O)cc1. The Morgan fingerprint density at radius 3 is 2.14 bits per heavy atom. The number of rotatable bonds is 5. The maximum absolute atomic E-state index is 12.5. The summed E-state index contributed by atoms with van der Waals surface area (Å²) >= 11 is 7.03.